The van der Waals surface area contributed by atoms with Gasteiger partial charge in [-0.15, -0.1) is 0 Å². The van der Waals surface area contributed by atoms with Crippen molar-refractivity contribution in [2.24, 2.45) is 0 Å². The van der Waals surface area contributed by atoms with Crippen LogP contribution >= 0.6 is 0 Å². The van der Waals surface area contributed by atoms with Crippen LogP contribution < -0.4 is 9.47 Å². The summed E-state index contributed by atoms with van der Waals surface area (Å²) < 4.78 is 40.6. The minimum atomic E-state index is -0.702. The Kier molecular flexibility index (Phi) is 5.84. The molecule has 5 nitrogen and oxygen atoms in total. The molecule has 0 spiro atoms. The fraction of sp³-hybridized carbons (Fsp3) is 0.250. The van der Waals surface area contributed by atoms with Gasteiger partial charge in [0.05, 0.1) is 24.3 Å². The maximum absolute atomic E-state index is 14.8. The second-order valence-electron chi connectivity index (χ2n) is 6.94. The van der Waals surface area contributed by atoms with E-state index in [0.717, 1.165) is 0 Å². The molecule has 0 unspecified atom stereocenters. The zero-order chi connectivity index (χ0) is 22.0. The highest BCUT2D eigenvalue weighted by Gasteiger charge is 2.29. The summed E-state index contributed by atoms with van der Waals surface area (Å²) in [7, 11) is 0. The Hall–Kier alpha value is -3.48. The fourth-order valence-electron chi connectivity index (χ4n) is 3.64. The van der Waals surface area contributed by atoms with Gasteiger partial charge in [0, 0.05) is 11.8 Å². The minimum absolute atomic E-state index is 0.146. The Balaban J connectivity index is 0.00000112. The second-order valence-corrected chi connectivity index (χ2v) is 6.94. The molecule has 0 atom stereocenters. The van der Waals surface area contributed by atoms with Gasteiger partial charge in [-0.3, -0.25) is 9.78 Å². The topological polar surface area (TPSA) is 51.7 Å². The van der Waals surface area contributed by atoms with Crippen LogP contribution in [0.4, 0.5) is 8.78 Å². The van der Waals surface area contributed by atoms with Crippen LogP contribution in [0.1, 0.15) is 35.5 Å². The third-order valence-corrected chi connectivity index (χ3v) is 5.11. The van der Waals surface area contributed by atoms with Gasteiger partial charge in [0.1, 0.15) is 24.8 Å². The molecule has 3 aromatic rings. The summed E-state index contributed by atoms with van der Waals surface area (Å²) in [4.78, 5) is 18.0. The van der Waals surface area contributed by atoms with E-state index in [2.05, 4.69) is 4.98 Å². The largest absolute Gasteiger partial charge is 0.486 e. The van der Waals surface area contributed by atoms with Gasteiger partial charge in [0.15, 0.2) is 11.5 Å². The second kappa shape index (κ2) is 8.71. The fourth-order valence-corrected chi connectivity index (χ4v) is 3.64. The highest BCUT2D eigenvalue weighted by Crippen LogP contribution is 2.35. The number of hydrogen-bond donors (Lipinski definition) is 0. The summed E-state index contributed by atoms with van der Waals surface area (Å²) in [5.41, 5.74) is 1.95. The van der Waals surface area contributed by atoms with Gasteiger partial charge in [-0.1, -0.05) is 19.9 Å². The number of halogens is 2. The average Bonchev–Trinajstić information content (AvgIpc) is 3.12. The van der Waals surface area contributed by atoms with Crippen LogP contribution in [-0.2, 0) is 13.1 Å². The van der Waals surface area contributed by atoms with Crippen LogP contribution in [0.3, 0.4) is 0 Å². The van der Waals surface area contributed by atoms with Crippen LogP contribution in [0.25, 0.3) is 11.1 Å². The molecule has 0 aliphatic carbocycles. The molecule has 2 aromatic carbocycles. The average molecular weight is 424 g/mol. The maximum Gasteiger partial charge on any atom is 0.256 e. The first-order valence-corrected chi connectivity index (χ1v) is 10.2. The lowest BCUT2D eigenvalue weighted by Gasteiger charge is -2.19. The van der Waals surface area contributed by atoms with Crippen molar-refractivity contribution in [3.05, 3.63) is 77.1 Å². The monoisotopic (exact) mass is 424 g/mol. The number of hydrogen-bond acceptors (Lipinski definition) is 4. The molecule has 7 heteroatoms. The Morgan fingerprint density at radius 3 is 2.39 bits per heavy atom. The Bertz CT molecular complexity index is 1110. The lowest BCUT2D eigenvalue weighted by Crippen LogP contribution is -2.24. The van der Waals surface area contributed by atoms with E-state index in [0.29, 0.717) is 47.1 Å². The van der Waals surface area contributed by atoms with Gasteiger partial charge in [-0.05, 0) is 47.5 Å². The van der Waals surface area contributed by atoms with E-state index in [9.17, 15) is 13.6 Å². The molecular formula is C24H22F2N2O3. The summed E-state index contributed by atoms with van der Waals surface area (Å²) in [6.45, 7) is 4.98. The zero-order valence-electron chi connectivity index (χ0n) is 17.3. The number of nitrogens with zero attached hydrogens (tertiary/aromatic N) is 2. The molecule has 0 saturated heterocycles. The first-order chi connectivity index (χ1) is 15.1. The number of carbonyl (C=O) groups is 1. The van der Waals surface area contributed by atoms with Gasteiger partial charge in [0.25, 0.3) is 5.91 Å². The van der Waals surface area contributed by atoms with Crippen molar-refractivity contribution >= 4 is 5.91 Å². The highest BCUT2D eigenvalue weighted by atomic mass is 19.1. The predicted molar refractivity (Wildman–Crippen MR) is 112 cm³/mol. The van der Waals surface area contributed by atoms with Crippen LogP contribution in [0.5, 0.6) is 11.5 Å². The molecule has 0 bridgehead atoms. The Morgan fingerprint density at radius 1 is 0.968 bits per heavy atom. The third kappa shape index (κ3) is 3.95. The first-order valence-electron chi connectivity index (χ1n) is 10.2. The van der Waals surface area contributed by atoms with E-state index in [1.54, 1.807) is 36.5 Å². The number of benzene rings is 2. The van der Waals surface area contributed by atoms with Crippen LogP contribution in [-0.4, -0.2) is 29.0 Å². The van der Waals surface area contributed by atoms with E-state index in [4.69, 9.17) is 9.47 Å². The van der Waals surface area contributed by atoms with E-state index >= 15 is 0 Å². The number of ether oxygens (including phenoxy) is 2. The molecule has 0 fully saturated rings. The highest BCUT2D eigenvalue weighted by molar-refractivity contribution is 5.97. The molecule has 5 rings (SSSR count). The van der Waals surface area contributed by atoms with Crippen LogP contribution in [0.2, 0.25) is 0 Å². The van der Waals surface area contributed by atoms with Crippen molar-refractivity contribution in [3.8, 4) is 22.6 Å². The molecule has 0 N–H and O–H groups in total. The lowest BCUT2D eigenvalue weighted by molar-refractivity contribution is 0.0763. The Morgan fingerprint density at radius 2 is 1.68 bits per heavy atom. The van der Waals surface area contributed by atoms with Crippen LogP contribution in [0, 0.1) is 11.6 Å². The summed E-state index contributed by atoms with van der Waals surface area (Å²) in [5, 5.41) is 0. The molecule has 2 aliphatic heterocycles. The van der Waals surface area contributed by atoms with Gasteiger partial charge in [-0.25, -0.2) is 8.78 Å². The summed E-state index contributed by atoms with van der Waals surface area (Å²) in [6, 6.07) is 11.0. The molecule has 31 heavy (non-hydrogen) atoms. The van der Waals surface area contributed by atoms with E-state index in [1.165, 1.54) is 17.0 Å². The van der Waals surface area contributed by atoms with Crippen molar-refractivity contribution in [1.29, 1.82) is 0 Å². The molecule has 0 saturated carbocycles. The first kappa shape index (κ1) is 20.8. The predicted octanol–water partition coefficient (Wildman–Crippen LogP) is 4.98. The number of amides is 1. The standard InChI is InChI=1S/C22H16F2N2O3.C2H6/c23-17-8-14(13-3-4-20-21(10-13)29-7-6-28-20)9-18(24)16(17)11-26-12-19-15(22(26)27)2-1-5-25-19;1-2/h1-5,8-10H,6-7,11-12H2;1-2H3. The number of pyridine rings is 1. The number of rotatable bonds is 3. The van der Waals surface area contributed by atoms with Crippen molar-refractivity contribution in [3.63, 3.8) is 0 Å². The minimum Gasteiger partial charge on any atom is -0.486 e. The van der Waals surface area contributed by atoms with Crippen molar-refractivity contribution in [2.45, 2.75) is 26.9 Å². The number of fused-ring (bicyclic) bond motifs is 2. The summed E-state index contributed by atoms with van der Waals surface area (Å²) in [6.07, 6.45) is 1.60. The molecule has 0 radical (unpaired) electrons. The molecular weight excluding hydrogens is 402 g/mol. The van der Waals surface area contributed by atoms with Gasteiger partial charge in [0.2, 0.25) is 0 Å². The van der Waals surface area contributed by atoms with Crippen molar-refractivity contribution in [1.82, 2.24) is 9.88 Å². The quantitative estimate of drug-likeness (QED) is 0.595. The molecule has 3 heterocycles. The van der Waals surface area contributed by atoms with Crippen molar-refractivity contribution < 1.29 is 23.0 Å². The third-order valence-electron chi connectivity index (χ3n) is 5.11. The van der Waals surface area contributed by atoms with Gasteiger partial charge in [-0.2, -0.15) is 0 Å². The van der Waals surface area contributed by atoms with Gasteiger partial charge < -0.3 is 14.4 Å². The van der Waals surface area contributed by atoms with Crippen molar-refractivity contribution in [2.75, 3.05) is 13.2 Å². The lowest BCUT2D eigenvalue weighted by atomic mass is 10.0. The SMILES string of the molecule is CC.O=C1c2cccnc2CN1Cc1c(F)cc(-c2ccc3c(c2)OCCO3)cc1F. The number of aromatic nitrogens is 1. The zero-order valence-corrected chi connectivity index (χ0v) is 17.3. The van der Waals surface area contributed by atoms with E-state index in [1.807, 2.05) is 13.8 Å². The summed E-state index contributed by atoms with van der Waals surface area (Å²) >= 11 is 0. The molecule has 2 aliphatic rings. The summed E-state index contributed by atoms with van der Waals surface area (Å²) in [5.74, 6) is -0.522. The molecule has 1 amide bonds. The van der Waals surface area contributed by atoms with E-state index < -0.39 is 11.6 Å². The Labute approximate surface area is 179 Å². The van der Waals surface area contributed by atoms with E-state index in [-0.39, 0.29) is 24.6 Å². The number of carbonyl (C=O) groups excluding carboxylic acids is 1. The van der Waals surface area contributed by atoms with Crippen LogP contribution in [0.15, 0.2) is 48.7 Å². The normalized spacial score (nSPS) is 14.1. The smallest absolute Gasteiger partial charge is 0.256 e. The molecule has 1 aromatic heterocycles. The van der Waals surface area contributed by atoms with Gasteiger partial charge >= 0.3 is 0 Å². The molecule has 160 valence electrons. The maximum atomic E-state index is 14.8.